The van der Waals surface area contributed by atoms with Gasteiger partial charge >= 0.3 is 0 Å². The number of aromatic nitrogens is 1. The average molecular weight is 689 g/mol. The third-order valence-corrected chi connectivity index (χ3v) is 10.6. The zero-order valence-corrected chi connectivity index (χ0v) is 29.7. The molecule has 0 radical (unpaired) electrons. The summed E-state index contributed by atoms with van der Waals surface area (Å²) in [4.78, 5) is 2.35. The normalized spacial score (nSPS) is 11.3. The van der Waals surface area contributed by atoms with Crippen molar-refractivity contribution >= 4 is 49.6 Å². The van der Waals surface area contributed by atoms with Crippen LogP contribution in [0.3, 0.4) is 0 Å². The van der Waals surface area contributed by atoms with E-state index >= 15 is 0 Å². The number of benzene rings is 9. The van der Waals surface area contributed by atoms with Crippen LogP contribution in [-0.4, -0.2) is 4.57 Å². The van der Waals surface area contributed by atoms with Crippen LogP contribution in [-0.2, 0) is 0 Å². The monoisotopic (exact) mass is 688 g/mol. The number of hydrogen-bond donors (Lipinski definition) is 0. The van der Waals surface area contributed by atoms with E-state index in [4.69, 9.17) is 0 Å². The van der Waals surface area contributed by atoms with Gasteiger partial charge in [-0.2, -0.15) is 0 Å². The summed E-state index contributed by atoms with van der Waals surface area (Å²) in [5.41, 5.74) is 14.1. The fourth-order valence-electron chi connectivity index (χ4n) is 7.94. The van der Waals surface area contributed by atoms with Gasteiger partial charge in [0.05, 0.1) is 11.0 Å². The van der Waals surface area contributed by atoms with E-state index in [9.17, 15) is 0 Å². The molecular weight excluding hydrogens is 653 g/mol. The first-order valence-corrected chi connectivity index (χ1v) is 18.5. The zero-order valence-electron chi connectivity index (χ0n) is 29.7. The van der Waals surface area contributed by atoms with E-state index in [2.05, 4.69) is 228 Å². The van der Waals surface area contributed by atoms with E-state index in [1.165, 1.54) is 66.0 Å². The lowest BCUT2D eigenvalue weighted by Crippen LogP contribution is -2.09. The quantitative estimate of drug-likeness (QED) is 0.162. The molecule has 0 saturated carbocycles. The molecule has 0 atom stereocenters. The third kappa shape index (κ3) is 5.62. The molecule has 0 bridgehead atoms. The fraction of sp³-hybridized carbons (Fsp3) is 0. The molecule has 10 aromatic rings. The number of para-hydroxylation sites is 2. The maximum Gasteiger partial charge on any atom is 0.0619 e. The molecule has 54 heavy (non-hydrogen) atoms. The van der Waals surface area contributed by atoms with Crippen molar-refractivity contribution in [2.24, 2.45) is 0 Å². The van der Waals surface area contributed by atoms with Crippen molar-refractivity contribution in [1.29, 1.82) is 0 Å². The molecule has 0 aliphatic rings. The number of anilines is 3. The molecule has 254 valence electrons. The van der Waals surface area contributed by atoms with Gasteiger partial charge in [-0.25, -0.2) is 0 Å². The minimum Gasteiger partial charge on any atom is -0.311 e. The Hall–Kier alpha value is -7.16. The van der Waals surface area contributed by atoms with Crippen LogP contribution in [0.4, 0.5) is 17.1 Å². The molecule has 9 aromatic carbocycles. The van der Waals surface area contributed by atoms with E-state index in [1.54, 1.807) is 0 Å². The summed E-state index contributed by atoms with van der Waals surface area (Å²) in [5.74, 6) is 0. The maximum absolute atomic E-state index is 2.44. The molecule has 0 saturated heterocycles. The second kappa shape index (κ2) is 13.4. The molecule has 0 fully saturated rings. The van der Waals surface area contributed by atoms with Crippen LogP contribution in [0, 0.1) is 0 Å². The van der Waals surface area contributed by atoms with Gasteiger partial charge in [0.2, 0.25) is 0 Å². The van der Waals surface area contributed by atoms with Gasteiger partial charge in [0.1, 0.15) is 0 Å². The summed E-state index contributed by atoms with van der Waals surface area (Å²) in [6.45, 7) is 0. The highest BCUT2D eigenvalue weighted by atomic mass is 15.1. The SMILES string of the molecule is c1ccc(-c2ccc(N(c3ccc(-c4ccccc4)cc3)c3ccc(-c4cccc5c6ccccc6n(-c6ccc7ccccc7c6)c45)cc3)cc2)cc1. The Morgan fingerprint density at radius 3 is 1.41 bits per heavy atom. The summed E-state index contributed by atoms with van der Waals surface area (Å²) in [6, 6.07) is 78.8. The fourth-order valence-corrected chi connectivity index (χ4v) is 7.94. The molecule has 2 heteroatoms. The Balaban J connectivity index is 1.09. The molecule has 0 aliphatic heterocycles. The summed E-state index contributed by atoms with van der Waals surface area (Å²) < 4.78 is 2.44. The lowest BCUT2D eigenvalue weighted by atomic mass is 10.0. The Labute approximate surface area is 315 Å². The van der Waals surface area contributed by atoms with E-state index in [0.29, 0.717) is 0 Å². The van der Waals surface area contributed by atoms with Crippen molar-refractivity contribution in [2.45, 2.75) is 0 Å². The average Bonchev–Trinajstić information content (AvgIpc) is 3.60. The summed E-state index contributed by atoms with van der Waals surface area (Å²) in [5, 5.41) is 4.98. The summed E-state index contributed by atoms with van der Waals surface area (Å²) >= 11 is 0. The molecule has 0 aliphatic carbocycles. The van der Waals surface area contributed by atoms with E-state index < -0.39 is 0 Å². The Bertz CT molecular complexity index is 2810. The summed E-state index contributed by atoms with van der Waals surface area (Å²) in [6.07, 6.45) is 0. The Morgan fingerprint density at radius 2 is 0.796 bits per heavy atom. The predicted molar refractivity (Wildman–Crippen MR) is 229 cm³/mol. The predicted octanol–water partition coefficient (Wildman–Crippen LogP) is 14.4. The number of hydrogen-bond acceptors (Lipinski definition) is 1. The Kier molecular flexibility index (Phi) is 7.85. The van der Waals surface area contributed by atoms with Crippen molar-refractivity contribution in [2.75, 3.05) is 4.90 Å². The minimum absolute atomic E-state index is 1.10. The molecule has 0 unspecified atom stereocenters. The summed E-state index contributed by atoms with van der Waals surface area (Å²) in [7, 11) is 0. The lowest BCUT2D eigenvalue weighted by Gasteiger charge is -2.26. The van der Waals surface area contributed by atoms with Crippen LogP contribution in [0.2, 0.25) is 0 Å². The molecule has 10 rings (SSSR count). The van der Waals surface area contributed by atoms with Gasteiger partial charge in [0.25, 0.3) is 0 Å². The van der Waals surface area contributed by atoms with Crippen molar-refractivity contribution in [3.63, 3.8) is 0 Å². The first kappa shape index (κ1) is 31.6. The van der Waals surface area contributed by atoms with Gasteiger partial charge in [-0.05, 0) is 93.2 Å². The van der Waals surface area contributed by atoms with Crippen LogP contribution >= 0.6 is 0 Å². The zero-order chi connectivity index (χ0) is 35.8. The Morgan fingerprint density at radius 1 is 0.315 bits per heavy atom. The smallest absolute Gasteiger partial charge is 0.0619 e. The second-order valence-electron chi connectivity index (χ2n) is 13.8. The van der Waals surface area contributed by atoms with Gasteiger partial charge in [-0.15, -0.1) is 0 Å². The van der Waals surface area contributed by atoms with Crippen LogP contribution in [0.15, 0.2) is 218 Å². The van der Waals surface area contributed by atoms with Gasteiger partial charge < -0.3 is 9.47 Å². The van der Waals surface area contributed by atoms with Crippen LogP contribution in [0.5, 0.6) is 0 Å². The van der Waals surface area contributed by atoms with E-state index in [0.717, 1.165) is 22.7 Å². The van der Waals surface area contributed by atoms with Gasteiger partial charge in [0.15, 0.2) is 0 Å². The van der Waals surface area contributed by atoms with Gasteiger partial charge in [-0.3, -0.25) is 0 Å². The largest absolute Gasteiger partial charge is 0.311 e. The van der Waals surface area contributed by atoms with Crippen LogP contribution < -0.4 is 4.90 Å². The molecule has 0 spiro atoms. The topological polar surface area (TPSA) is 8.17 Å². The van der Waals surface area contributed by atoms with Gasteiger partial charge in [0, 0.05) is 39.1 Å². The number of fused-ring (bicyclic) bond motifs is 4. The maximum atomic E-state index is 2.44. The number of rotatable bonds is 7. The molecule has 1 aromatic heterocycles. The molecule has 1 heterocycles. The first-order chi connectivity index (χ1) is 26.8. The highest BCUT2D eigenvalue weighted by molar-refractivity contribution is 6.14. The molecule has 0 amide bonds. The molecule has 2 nitrogen and oxygen atoms in total. The highest BCUT2D eigenvalue weighted by Gasteiger charge is 2.18. The van der Waals surface area contributed by atoms with Crippen molar-refractivity contribution < 1.29 is 0 Å². The van der Waals surface area contributed by atoms with Crippen LogP contribution in [0.25, 0.3) is 71.6 Å². The lowest BCUT2D eigenvalue weighted by molar-refractivity contribution is 1.19. The minimum atomic E-state index is 1.10. The highest BCUT2D eigenvalue weighted by Crippen LogP contribution is 2.41. The first-order valence-electron chi connectivity index (χ1n) is 18.5. The van der Waals surface area contributed by atoms with Crippen molar-refractivity contribution in [3.05, 3.63) is 218 Å². The molecule has 0 N–H and O–H groups in total. The van der Waals surface area contributed by atoms with Crippen LogP contribution in [0.1, 0.15) is 0 Å². The van der Waals surface area contributed by atoms with E-state index in [1.807, 2.05) is 0 Å². The standard InChI is InChI=1S/C52H36N2/c1-3-12-37(13-4-1)40-22-29-44(30-23-40)53(45-31-24-41(25-32-45)38-14-5-2-6-15-38)46-33-27-42(28-34-46)48-19-11-20-50-49-18-9-10-21-51(49)54(52(48)50)47-35-26-39-16-7-8-17-43(39)36-47/h1-36H. The van der Waals surface area contributed by atoms with Crippen molar-refractivity contribution in [1.82, 2.24) is 4.57 Å². The van der Waals surface area contributed by atoms with Crippen molar-refractivity contribution in [3.8, 4) is 39.1 Å². The second-order valence-corrected chi connectivity index (χ2v) is 13.8. The third-order valence-electron chi connectivity index (χ3n) is 10.6. The van der Waals surface area contributed by atoms with E-state index in [-0.39, 0.29) is 0 Å². The van der Waals surface area contributed by atoms with Gasteiger partial charge in [-0.1, -0.05) is 164 Å². The number of nitrogens with zero attached hydrogens (tertiary/aromatic N) is 2. The molecular formula is C52H36N2.